The highest BCUT2D eigenvalue weighted by Gasteiger charge is 2.15. The van der Waals surface area contributed by atoms with Gasteiger partial charge >= 0.3 is 0 Å². The predicted octanol–water partition coefficient (Wildman–Crippen LogP) is 12.4. The van der Waals surface area contributed by atoms with E-state index in [9.17, 15) is 0 Å². The Labute approximate surface area is 318 Å². The van der Waals surface area contributed by atoms with E-state index >= 15 is 0 Å². The molecule has 0 radical (unpaired) electrons. The van der Waals surface area contributed by atoms with Gasteiger partial charge < -0.3 is 4.57 Å². The Morgan fingerprint density at radius 3 is 1.38 bits per heavy atom. The number of rotatable bonds is 7. The van der Waals surface area contributed by atoms with E-state index in [2.05, 4.69) is 155 Å². The fraction of sp³-hybridized carbons (Fsp3) is 0. The Hall–Kier alpha value is -7.50. The molecule has 0 fully saturated rings. The summed E-state index contributed by atoms with van der Waals surface area (Å²) in [5.74, 6) is 1.90. The smallest absolute Gasteiger partial charge is 0.164 e. The first-order valence-electron chi connectivity index (χ1n) is 18.4. The van der Waals surface area contributed by atoms with Crippen molar-refractivity contribution < 1.29 is 0 Å². The lowest BCUT2D eigenvalue weighted by Gasteiger charge is -2.11. The second-order valence-corrected chi connectivity index (χ2v) is 13.6. The Morgan fingerprint density at radius 1 is 0.291 bits per heavy atom. The van der Waals surface area contributed by atoms with Crippen molar-refractivity contribution in [2.24, 2.45) is 0 Å². The van der Waals surface area contributed by atoms with Gasteiger partial charge in [-0.1, -0.05) is 146 Å². The lowest BCUT2D eigenvalue weighted by molar-refractivity contribution is 1.07. The third-order valence-corrected chi connectivity index (χ3v) is 10.2. The molecule has 3 heterocycles. The summed E-state index contributed by atoms with van der Waals surface area (Å²) in [6.07, 6.45) is 3.62. The van der Waals surface area contributed by atoms with E-state index in [1.807, 2.05) is 54.9 Å². The minimum Gasteiger partial charge on any atom is -0.309 e. The summed E-state index contributed by atoms with van der Waals surface area (Å²) in [5.41, 5.74) is 13.2. The maximum Gasteiger partial charge on any atom is 0.164 e. The predicted molar refractivity (Wildman–Crippen MR) is 225 cm³/mol. The molecule has 5 heteroatoms. The van der Waals surface area contributed by atoms with Crippen molar-refractivity contribution in [2.45, 2.75) is 0 Å². The topological polar surface area (TPSA) is 56.5 Å². The number of hydrogen-bond donors (Lipinski definition) is 0. The summed E-state index contributed by atoms with van der Waals surface area (Å²) >= 11 is 0. The second-order valence-electron chi connectivity index (χ2n) is 13.6. The number of nitrogens with zero attached hydrogens (tertiary/aromatic N) is 5. The van der Waals surface area contributed by atoms with Crippen LogP contribution in [0.25, 0.3) is 95.0 Å². The molecule has 0 saturated heterocycles. The first-order chi connectivity index (χ1) is 27.2. The number of hydrogen-bond acceptors (Lipinski definition) is 4. The molecule has 0 N–H and O–H groups in total. The van der Waals surface area contributed by atoms with Crippen LogP contribution in [0.2, 0.25) is 0 Å². The Morgan fingerprint density at radius 2 is 0.727 bits per heavy atom. The van der Waals surface area contributed by atoms with E-state index in [1.165, 1.54) is 27.4 Å². The molecule has 0 amide bonds. The molecule has 0 atom stereocenters. The SMILES string of the molecule is c1ccc(-c2nc(-c3ccc(-c4ccncc4)cc3)nc(-c3ccc(-c4cccc(-c5ccc6c7ccccc7n(-c7ccccc7)c6c5)c4)cc3)n2)cc1. The largest absolute Gasteiger partial charge is 0.309 e. The molecule has 3 aromatic heterocycles. The van der Waals surface area contributed by atoms with Crippen molar-refractivity contribution in [3.63, 3.8) is 0 Å². The molecule has 55 heavy (non-hydrogen) atoms. The average Bonchev–Trinajstić information content (AvgIpc) is 3.61. The summed E-state index contributed by atoms with van der Waals surface area (Å²) in [5, 5.41) is 2.50. The Kier molecular flexibility index (Phi) is 8.08. The molecule has 0 aliphatic rings. The van der Waals surface area contributed by atoms with Crippen molar-refractivity contribution >= 4 is 21.8 Å². The number of aromatic nitrogens is 5. The van der Waals surface area contributed by atoms with Crippen molar-refractivity contribution in [2.75, 3.05) is 0 Å². The zero-order valence-electron chi connectivity index (χ0n) is 29.8. The Bertz CT molecular complexity index is 2940. The zero-order valence-corrected chi connectivity index (χ0v) is 29.8. The van der Waals surface area contributed by atoms with Crippen LogP contribution in [0.5, 0.6) is 0 Å². The Balaban J connectivity index is 0.996. The van der Waals surface area contributed by atoms with E-state index < -0.39 is 0 Å². The lowest BCUT2D eigenvalue weighted by Crippen LogP contribution is -2.00. The van der Waals surface area contributed by atoms with E-state index in [1.54, 1.807) is 0 Å². The monoisotopic (exact) mass is 703 g/mol. The zero-order chi connectivity index (χ0) is 36.6. The average molecular weight is 704 g/mol. The summed E-state index contributed by atoms with van der Waals surface area (Å²) < 4.78 is 2.37. The second kappa shape index (κ2) is 13.8. The minimum atomic E-state index is 0.629. The van der Waals surface area contributed by atoms with Crippen molar-refractivity contribution in [3.8, 4) is 73.2 Å². The molecule has 0 spiro atoms. The third kappa shape index (κ3) is 6.14. The first-order valence-corrected chi connectivity index (χ1v) is 18.4. The number of fused-ring (bicyclic) bond motifs is 3. The van der Waals surface area contributed by atoms with E-state index in [0.717, 1.165) is 50.2 Å². The minimum absolute atomic E-state index is 0.629. The molecule has 0 bridgehead atoms. The van der Waals surface area contributed by atoms with Gasteiger partial charge in [0.1, 0.15) is 0 Å². The number of pyridine rings is 1. The molecule has 0 aliphatic carbocycles. The van der Waals surface area contributed by atoms with Gasteiger partial charge in [-0.2, -0.15) is 0 Å². The molecule has 258 valence electrons. The molecular formula is C50H33N5. The molecule has 0 saturated carbocycles. The third-order valence-electron chi connectivity index (χ3n) is 10.2. The van der Waals surface area contributed by atoms with E-state index in [0.29, 0.717) is 17.5 Å². The quantitative estimate of drug-likeness (QED) is 0.166. The molecule has 10 rings (SSSR count). The van der Waals surface area contributed by atoms with Crippen LogP contribution in [0.1, 0.15) is 0 Å². The first kappa shape index (κ1) is 32.2. The molecule has 10 aromatic rings. The molecule has 0 unspecified atom stereocenters. The van der Waals surface area contributed by atoms with Crippen LogP contribution in [0.15, 0.2) is 200 Å². The van der Waals surface area contributed by atoms with Crippen molar-refractivity contribution in [1.29, 1.82) is 0 Å². The van der Waals surface area contributed by atoms with Crippen LogP contribution in [-0.2, 0) is 0 Å². The van der Waals surface area contributed by atoms with Crippen LogP contribution in [0, 0.1) is 0 Å². The van der Waals surface area contributed by atoms with Gasteiger partial charge in [0.05, 0.1) is 11.0 Å². The molecule has 0 aliphatic heterocycles. The van der Waals surface area contributed by atoms with Crippen molar-refractivity contribution in [3.05, 3.63) is 200 Å². The summed E-state index contributed by atoms with van der Waals surface area (Å²) in [6, 6.07) is 65.8. The van der Waals surface area contributed by atoms with Gasteiger partial charge in [0.25, 0.3) is 0 Å². The van der Waals surface area contributed by atoms with Gasteiger partial charge in [0, 0.05) is 45.5 Å². The van der Waals surface area contributed by atoms with Gasteiger partial charge in [-0.05, 0) is 75.8 Å². The van der Waals surface area contributed by atoms with Gasteiger partial charge in [0.15, 0.2) is 17.5 Å². The van der Waals surface area contributed by atoms with Gasteiger partial charge in [-0.25, -0.2) is 15.0 Å². The van der Waals surface area contributed by atoms with Crippen LogP contribution < -0.4 is 0 Å². The maximum absolute atomic E-state index is 4.99. The van der Waals surface area contributed by atoms with Gasteiger partial charge in [-0.3, -0.25) is 4.98 Å². The fourth-order valence-electron chi connectivity index (χ4n) is 7.40. The molecule has 7 aromatic carbocycles. The normalized spacial score (nSPS) is 11.3. The van der Waals surface area contributed by atoms with Crippen LogP contribution in [0.4, 0.5) is 0 Å². The van der Waals surface area contributed by atoms with Gasteiger partial charge in [0.2, 0.25) is 0 Å². The lowest BCUT2D eigenvalue weighted by atomic mass is 9.97. The van der Waals surface area contributed by atoms with Gasteiger partial charge in [-0.15, -0.1) is 0 Å². The fourth-order valence-corrected chi connectivity index (χ4v) is 7.40. The number of benzene rings is 7. The summed E-state index contributed by atoms with van der Waals surface area (Å²) in [7, 11) is 0. The standard InChI is InChI=1S/C50H33N5/c1-3-10-37(11-4-1)48-52-49(38-22-18-34(19-23-38)36-28-30-51-31-29-36)54-50(53-48)39-24-20-35(21-25-39)40-12-9-13-41(32-40)42-26-27-45-44-16-7-8-17-46(44)55(47(45)33-42)43-14-5-2-6-15-43/h1-33H. The van der Waals surface area contributed by atoms with Crippen molar-refractivity contribution in [1.82, 2.24) is 24.5 Å². The van der Waals surface area contributed by atoms with E-state index in [-0.39, 0.29) is 0 Å². The summed E-state index contributed by atoms with van der Waals surface area (Å²) in [4.78, 5) is 19.0. The molecular weight excluding hydrogens is 671 g/mol. The molecule has 5 nitrogen and oxygen atoms in total. The highest BCUT2D eigenvalue weighted by atomic mass is 15.0. The highest BCUT2D eigenvalue weighted by Crippen LogP contribution is 2.36. The maximum atomic E-state index is 4.99. The van der Waals surface area contributed by atoms with E-state index in [4.69, 9.17) is 15.0 Å². The summed E-state index contributed by atoms with van der Waals surface area (Å²) in [6.45, 7) is 0. The van der Waals surface area contributed by atoms with Crippen LogP contribution in [0.3, 0.4) is 0 Å². The highest BCUT2D eigenvalue weighted by molar-refractivity contribution is 6.10. The van der Waals surface area contributed by atoms with Crippen LogP contribution >= 0.6 is 0 Å². The number of para-hydroxylation sites is 2. The van der Waals surface area contributed by atoms with Crippen LogP contribution in [-0.4, -0.2) is 24.5 Å².